The van der Waals surface area contributed by atoms with Crippen LogP contribution >= 0.6 is 0 Å². The first-order chi connectivity index (χ1) is 15.2. The van der Waals surface area contributed by atoms with Crippen molar-refractivity contribution in [2.45, 2.75) is 50.2 Å². The third-order valence-corrected chi connectivity index (χ3v) is 3.68. The molecule has 186 valence electrons. The smallest absolute Gasteiger partial charge is 0.320 e. The Balaban J connectivity index is 0. The molecule has 1 aromatic rings. The highest BCUT2D eigenvalue weighted by Gasteiger charge is 2.13. The Morgan fingerprint density at radius 2 is 0.970 bits per heavy atom. The minimum Gasteiger partial charge on any atom is -0.508 e. The summed E-state index contributed by atoms with van der Waals surface area (Å²) in [5.74, 6) is -5.25. The van der Waals surface area contributed by atoms with E-state index in [0.717, 1.165) is 5.56 Å². The third kappa shape index (κ3) is 18.7. The van der Waals surface area contributed by atoms with Crippen LogP contribution in [-0.2, 0) is 30.4 Å². The van der Waals surface area contributed by atoms with Gasteiger partial charge in [-0.05, 0) is 37.0 Å². The molecule has 0 spiro atoms. The number of hydrogen-bond acceptors (Lipinski definition) is 9. The fourth-order valence-electron chi connectivity index (χ4n) is 1.78. The summed E-state index contributed by atoms with van der Waals surface area (Å²) < 4.78 is 0. The van der Waals surface area contributed by atoms with E-state index >= 15 is 0 Å². The number of aromatic hydroxyl groups is 1. The van der Waals surface area contributed by atoms with Crippen molar-refractivity contribution in [3.63, 3.8) is 0 Å². The third-order valence-electron chi connectivity index (χ3n) is 3.68. The van der Waals surface area contributed by atoms with Crippen LogP contribution < -0.4 is 17.2 Å². The molecular weight excluding hydrogens is 446 g/mol. The number of hydrogen-bond donors (Lipinski definition) is 9. The van der Waals surface area contributed by atoms with E-state index in [0.29, 0.717) is 0 Å². The van der Waals surface area contributed by atoms with Crippen molar-refractivity contribution < 1.29 is 54.6 Å². The average molecular weight is 475 g/mol. The first-order valence-electron chi connectivity index (χ1n) is 9.34. The highest BCUT2D eigenvalue weighted by Crippen LogP contribution is 2.10. The van der Waals surface area contributed by atoms with E-state index in [1.807, 2.05) is 0 Å². The van der Waals surface area contributed by atoms with Gasteiger partial charge in [0.2, 0.25) is 0 Å². The molecule has 0 heterocycles. The van der Waals surface area contributed by atoms with Crippen LogP contribution in [0.5, 0.6) is 5.75 Å². The van der Waals surface area contributed by atoms with Gasteiger partial charge in [-0.1, -0.05) is 12.1 Å². The van der Waals surface area contributed by atoms with Crippen molar-refractivity contribution in [3.05, 3.63) is 29.8 Å². The molecule has 0 unspecified atom stereocenters. The molecule has 0 aromatic heterocycles. The van der Waals surface area contributed by atoms with Gasteiger partial charge < -0.3 is 47.8 Å². The highest BCUT2D eigenvalue weighted by atomic mass is 16.4. The van der Waals surface area contributed by atoms with Crippen LogP contribution in [0.4, 0.5) is 0 Å². The first kappa shape index (κ1) is 31.4. The summed E-state index contributed by atoms with van der Waals surface area (Å²) in [5, 5.41) is 50.0. The molecule has 14 heteroatoms. The monoisotopic (exact) mass is 475 g/mol. The topological polar surface area (TPSA) is 285 Å². The van der Waals surface area contributed by atoms with Crippen LogP contribution in [0.15, 0.2) is 24.3 Å². The summed E-state index contributed by atoms with van der Waals surface area (Å²) in [6.07, 6.45) is -0.175. The zero-order valence-electron chi connectivity index (χ0n) is 17.5. The molecule has 3 atom stereocenters. The van der Waals surface area contributed by atoms with Crippen molar-refractivity contribution in [3.8, 4) is 5.75 Å². The minimum absolute atomic E-state index is 0.0231. The second kappa shape index (κ2) is 16.9. The number of carboxylic acid groups (broad SMARTS) is 5. The van der Waals surface area contributed by atoms with Gasteiger partial charge in [-0.3, -0.25) is 24.0 Å². The van der Waals surface area contributed by atoms with Gasteiger partial charge >= 0.3 is 29.8 Å². The zero-order valence-corrected chi connectivity index (χ0v) is 17.5. The summed E-state index contributed by atoms with van der Waals surface area (Å²) in [7, 11) is 0. The van der Waals surface area contributed by atoms with Crippen LogP contribution in [0.3, 0.4) is 0 Å². The number of nitrogens with two attached hydrogens (primary N) is 3. The molecule has 0 aliphatic rings. The fourth-order valence-corrected chi connectivity index (χ4v) is 1.78. The molecule has 0 saturated carbocycles. The van der Waals surface area contributed by atoms with Crippen LogP contribution in [0.1, 0.15) is 31.2 Å². The maximum Gasteiger partial charge on any atom is 0.320 e. The number of rotatable bonds is 11. The predicted molar refractivity (Wildman–Crippen MR) is 112 cm³/mol. The lowest BCUT2D eigenvalue weighted by Gasteiger charge is -2.05. The summed E-state index contributed by atoms with van der Waals surface area (Å²) in [5.41, 5.74) is 16.1. The first-order valence-corrected chi connectivity index (χ1v) is 9.34. The molecule has 12 N–H and O–H groups in total. The molecule has 0 saturated heterocycles. The van der Waals surface area contributed by atoms with Crippen LogP contribution in [0.25, 0.3) is 0 Å². The second-order valence-corrected chi connectivity index (χ2v) is 6.57. The molecule has 0 radical (unpaired) electrons. The Morgan fingerprint density at radius 3 is 1.24 bits per heavy atom. The zero-order chi connectivity index (χ0) is 26.1. The largest absolute Gasteiger partial charge is 0.508 e. The van der Waals surface area contributed by atoms with Gasteiger partial charge in [0.1, 0.15) is 23.9 Å². The van der Waals surface area contributed by atoms with Gasteiger partial charge in [0.05, 0.1) is 0 Å². The molecule has 0 fully saturated rings. The van der Waals surface area contributed by atoms with Crippen molar-refractivity contribution in [1.29, 1.82) is 0 Å². The lowest BCUT2D eigenvalue weighted by atomic mass is 10.1. The quantitative estimate of drug-likeness (QED) is 0.183. The SMILES string of the molecule is N[C@@H](CCC(=O)O)C(=O)O.N[C@@H](CCC(=O)O)C(=O)O.N[C@@H](Cc1ccc(O)cc1)C(=O)O. The summed E-state index contributed by atoms with van der Waals surface area (Å²) in [4.78, 5) is 50.1. The molecule has 33 heavy (non-hydrogen) atoms. The van der Waals surface area contributed by atoms with Gasteiger partial charge in [0.25, 0.3) is 0 Å². The summed E-state index contributed by atoms with van der Waals surface area (Å²) >= 11 is 0. The van der Waals surface area contributed by atoms with Crippen LogP contribution in [0, 0.1) is 0 Å². The molecule has 14 nitrogen and oxygen atoms in total. The van der Waals surface area contributed by atoms with E-state index in [4.69, 9.17) is 47.8 Å². The van der Waals surface area contributed by atoms with Crippen LogP contribution in [-0.4, -0.2) is 78.6 Å². The number of aliphatic carboxylic acids is 5. The maximum atomic E-state index is 10.4. The van der Waals surface area contributed by atoms with Gasteiger partial charge in [0.15, 0.2) is 0 Å². The van der Waals surface area contributed by atoms with E-state index in [1.165, 1.54) is 12.1 Å². The van der Waals surface area contributed by atoms with E-state index < -0.39 is 48.0 Å². The Hall–Kier alpha value is -3.75. The van der Waals surface area contributed by atoms with Crippen LogP contribution in [0.2, 0.25) is 0 Å². The summed E-state index contributed by atoms with van der Waals surface area (Å²) in [6, 6.07) is 3.31. The number of benzene rings is 1. The molecule has 0 aliphatic heterocycles. The van der Waals surface area contributed by atoms with E-state index in [9.17, 15) is 24.0 Å². The lowest BCUT2D eigenvalue weighted by Crippen LogP contribution is -2.32. The lowest BCUT2D eigenvalue weighted by molar-refractivity contribution is -0.141. The standard InChI is InChI=1S/C9H11NO3.2C5H9NO4/c10-8(9(12)13)5-6-1-3-7(11)4-2-6;2*6-3(5(9)10)1-2-4(7)8/h1-4,8,11H,5,10H2,(H,12,13);2*3H,1-2,6H2,(H,7,8)(H,9,10)/t8-;2*3-/m000/s1. The van der Waals surface area contributed by atoms with Crippen molar-refractivity contribution >= 4 is 29.8 Å². The second-order valence-electron chi connectivity index (χ2n) is 6.57. The highest BCUT2D eigenvalue weighted by molar-refractivity contribution is 5.75. The predicted octanol–water partition coefficient (Wildman–Crippen LogP) is -1.13. The Morgan fingerprint density at radius 1 is 0.636 bits per heavy atom. The number of carbonyl (C=O) groups is 5. The van der Waals surface area contributed by atoms with Gasteiger partial charge in [0, 0.05) is 12.8 Å². The molecular formula is C19H29N3O11. The molecule has 0 aliphatic carbocycles. The number of phenols is 1. The molecule has 0 bridgehead atoms. The van der Waals surface area contributed by atoms with Gasteiger partial charge in [-0.2, -0.15) is 0 Å². The number of phenolic OH excluding ortho intramolecular Hbond substituents is 1. The van der Waals surface area contributed by atoms with Crippen molar-refractivity contribution in [2.75, 3.05) is 0 Å². The van der Waals surface area contributed by atoms with E-state index in [2.05, 4.69) is 0 Å². The molecule has 1 rings (SSSR count). The van der Waals surface area contributed by atoms with Crippen molar-refractivity contribution in [2.24, 2.45) is 17.2 Å². The molecule has 0 amide bonds. The fraction of sp³-hybridized carbons (Fsp3) is 0.421. The number of carboxylic acids is 5. The molecule has 1 aromatic carbocycles. The van der Waals surface area contributed by atoms with E-state index in [-0.39, 0.29) is 37.9 Å². The van der Waals surface area contributed by atoms with Gasteiger partial charge in [-0.25, -0.2) is 0 Å². The normalized spacial score (nSPS) is 12.5. The minimum atomic E-state index is -1.17. The Kier molecular flexibility index (Phi) is 16.1. The van der Waals surface area contributed by atoms with E-state index in [1.54, 1.807) is 12.1 Å². The summed E-state index contributed by atoms with van der Waals surface area (Å²) in [6.45, 7) is 0. The Labute approximate surface area is 188 Å². The Bertz CT molecular complexity index is 750. The van der Waals surface area contributed by atoms with Crippen molar-refractivity contribution in [1.82, 2.24) is 0 Å². The average Bonchev–Trinajstić information content (AvgIpc) is 2.72. The maximum absolute atomic E-state index is 10.4. The van der Waals surface area contributed by atoms with Gasteiger partial charge in [-0.15, -0.1) is 0 Å².